The predicted octanol–water partition coefficient (Wildman–Crippen LogP) is 1.01. The number of aliphatic hydroxyl groups excluding tert-OH is 1. The zero-order valence-electron chi connectivity index (χ0n) is 10.9. The average molecular weight is 248 g/mol. The molecule has 0 bridgehead atoms. The van der Waals surface area contributed by atoms with Crippen molar-refractivity contribution in [2.75, 3.05) is 24.6 Å². The third-order valence-corrected chi connectivity index (χ3v) is 3.28. The van der Waals surface area contributed by atoms with E-state index >= 15 is 0 Å². The summed E-state index contributed by atoms with van der Waals surface area (Å²) in [6.07, 6.45) is 0. The molecule has 1 saturated heterocycles. The highest BCUT2D eigenvalue weighted by atomic mass is 16.3. The number of nitrogens with zero attached hydrogens (tertiary/aromatic N) is 1. The van der Waals surface area contributed by atoms with Crippen molar-refractivity contribution >= 4 is 11.6 Å². The van der Waals surface area contributed by atoms with Crippen molar-refractivity contribution in [1.29, 1.82) is 0 Å². The number of para-hydroxylation sites is 1. The minimum Gasteiger partial charge on any atom is -0.394 e. The Kier molecular flexibility index (Phi) is 3.57. The van der Waals surface area contributed by atoms with Gasteiger partial charge in [0, 0.05) is 18.8 Å². The lowest BCUT2D eigenvalue weighted by atomic mass is 9.93. The van der Waals surface area contributed by atoms with Crippen LogP contribution in [0.1, 0.15) is 13.8 Å². The summed E-state index contributed by atoms with van der Waals surface area (Å²) in [6, 6.07) is 9.27. The molecule has 2 rings (SSSR count). The van der Waals surface area contributed by atoms with Gasteiger partial charge in [0.2, 0.25) is 5.91 Å². The van der Waals surface area contributed by atoms with Gasteiger partial charge in [-0.25, -0.2) is 0 Å². The maximum absolute atomic E-state index is 12.0. The number of nitrogens with one attached hydrogen (secondary N) is 1. The number of hydrogen-bond acceptors (Lipinski definition) is 3. The first-order chi connectivity index (χ1) is 8.53. The van der Waals surface area contributed by atoms with Crippen molar-refractivity contribution in [2.45, 2.75) is 19.9 Å². The molecule has 1 fully saturated rings. The van der Waals surface area contributed by atoms with Gasteiger partial charge in [0.05, 0.1) is 6.61 Å². The smallest absolute Gasteiger partial charge is 0.245 e. The number of carbonyl (C=O) groups is 1. The highest BCUT2D eigenvalue weighted by Crippen LogP contribution is 2.26. The van der Waals surface area contributed by atoms with E-state index in [9.17, 15) is 9.90 Å². The lowest BCUT2D eigenvalue weighted by molar-refractivity contribution is -0.122. The van der Waals surface area contributed by atoms with Crippen LogP contribution in [0, 0.1) is 5.41 Å². The van der Waals surface area contributed by atoms with E-state index in [1.54, 1.807) is 0 Å². The molecular weight excluding hydrogens is 228 g/mol. The minimum atomic E-state index is -0.505. The number of anilines is 1. The Hall–Kier alpha value is -1.55. The number of carbonyl (C=O) groups excluding carboxylic acids is 1. The molecule has 0 radical (unpaired) electrons. The second kappa shape index (κ2) is 4.98. The van der Waals surface area contributed by atoms with Crippen LogP contribution < -0.4 is 10.2 Å². The Morgan fingerprint density at radius 2 is 2.06 bits per heavy atom. The molecule has 18 heavy (non-hydrogen) atoms. The highest BCUT2D eigenvalue weighted by molar-refractivity contribution is 5.86. The molecule has 98 valence electrons. The zero-order chi connectivity index (χ0) is 13.2. The van der Waals surface area contributed by atoms with Crippen molar-refractivity contribution in [3.63, 3.8) is 0 Å². The third kappa shape index (κ3) is 2.64. The molecular formula is C14H20N2O2. The molecule has 2 N–H and O–H groups in total. The Balaban J connectivity index is 2.35. The largest absolute Gasteiger partial charge is 0.394 e. The van der Waals surface area contributed by atoms with Crippen LogP contribution in [-0.2, 0) is 4.79 Å². The van der Waals surface area contributed by atoms with Gasteiger partial charge < -0.3 is 15.3 Å². The SMILES string of the molecule is CC1(C)CNC(=O)C(CO)N(c2ccccc2)C1. The molecule has 1 amide bonds. The van der Waals surface area contributed by atoms with Crippen molar-refractivity contribution in [3.05, 3.63) is 30.3 Å². The molecule has 0 aliphatic carbocycles. The summed E-state index contributed by atoms with van der Waals surface area (Å²) < 4.78 is 0. The Labute approximate surface area is 108 Å². The van der Waals surface area contributed by atoms with Crippen molar-refractivity contribution in [2.24, 2.45) is 5.41 Å². The van der Waals surface area contributed by atoms with Crippen LogP contribution in [-0.4, -0.2) is 36.8 Å². The van der Waals surface area contributed by atoms with E-state index in [2.05, 4.69) is 19.2 Å². The standard InChI is InChI=1S/C14H20N2O2/c1-14(2)9-15-13(18)12(8-17)16(10-14)11-6-4-3-5-7-11/h3-7,12,17H,8-10H2,1-2H3,(H,15,18). The van der Waals surface area contributed by atoms with Crippen molar-refractivity contribution < 1.29 is 9.90 Å². The number of amides is 1. The highest BCUT2D eigenvalue weighted by Gasteiger charge is 2.34. The molecule has 1 aliphatic heterocycles. The minimum absolute atomic E-state index is 0.0184. The third-order valence-electron chi connectivity index (χ3n) is 3.28. The Bertz CT molecular complexity index is 417. The molecule has 4 heteroatoms. The van der Waals surface area contributed by atoms with Gasteiger partial charge in [-0.1, -0.05) is 32.0 Å². The van der Waals surface area contributed by atoms with Crippen molar-refractivity contribution in [3.8, 4) is 0 Å². The van der Waals surface area contributed by atoms with Gasteiger partial charge in [0.15, 0.2) is 0 Å². The fourth-order valence-corrected chi connectivity index (χ4v) is 2.29. The molecule has 0 spiro atoms. The number of benzene rings is 1. The van der Waals surface area contributed by atoms with E-state index in [1.165, 1.54) is 0 Å². The second-order valence-corrected chi connectivity index (χ2v) is 5.54. The molecule has 1 aromatic carbocycles. The van der Waals surface area contributed by atoms with Crippen LogP contribution in [0.15, 0.2) is 30.3 Å². The number of aliphatic hydroxyl groups is 1. The second-order valence-electron chi connectivity index (χ2n) is 5.54. The molecule has 1 aliphatic rings. The molecule has 0 aromatic heterocycles. The van der Waals surface area contributed by atoms with Crippen LogP contribution in [0.5, 0.6) is 0 Å². The van der Waals surface area contributed by atoms with Gasteiger partial charge in [-0.2, -0.15) is 0 Å². The van der Waals surface area contributed by atoms with Crippen LogP contribution in [0.25, 0.3) is 0 Å². The van der Waals surface area contributed by atoms with Gasteiger partial charge >= 0.3 is 0 Å². The Morgan fingerprint density at radius 3 is 2.67 bits per heavy atom. The molecule has 1 heterocycles. The monoisotopic (exact) mass is 248 g/mol. The summed E-state index contributed by atoms with van der Waals surface area (Å²) in [4.78, 5) is 14.0. The summed E-state index contributed by atoms with van der Waals surface area (Å²) in [5, 5.41) is 12.4. The zero-order valence-corrected chi connectivity index (χ0v) is 10.9. The van der Waals surface area contributed by atoms with E-state index in [0.717, 1.165) is 12.2 Å². The summed E-state index contributed by atoms with van der Waals surface area (Å²) in [6.45, 7) is 5.43. The van der Waals surface area contributed by atoms with E-state index in [4.69, 9.17) is 0 Å². The first kappa shape index (κ1) is 12.9. The van der Waals surface area contributed by atoms with Crippen LogP contribution >= 0.6 is 0 Å². The van der Waals surface area contributed by atoms with Gasteiger partial charge in [-0.3, -0.25) is 4.79 Å². The number of hydrogen-bond donors (Lipinski definition) is 2. The fourth-order valence-electron chi connectivity index (χ4n) is 2.29. The average Bonchev–Trinajstić information content (AvgIpc) is 2.48. The first-order valence-electron chi connectivity index (χ1n) is 6.24. The normalized spacial score (nSPS) is 23.4. The van der Waals surface area contributed by atoms with E-state index < -0.39 is 6.04 Å². The summed E-state index contributed by atoms with van der Waals surface area (Å²) in [7, 11) is 0. The van der Waals surface area contributed by atoms with E-state index in [1.807, 2.05) is 35.2 Å². The molecule has 1 atom stereocenters. The van der Waals surface area contributed by atoms with Gasteiger partial charge in [0.25, 0.3) is 0 Å². The number of rotatable bonds is 2. The van der Waals surface area contributed by atoms with E-state index in [0.29, 0.717) is 6.54 Å². The molecule has 1 unspecified atom stereocenters. The van der Waals surface area contributed by atoms with Crippen LogP contribution in [0.3, 0.4) is 0 Å². The van der Waals surface area contributed by atoms with Crippen molar-refractivity contribution in [1.82, 2.24) is 5.32 Å². The molecule has 1 aromatic rings. The quantitative estimate of drug-likeness (QED) is 0.821. The summed E-state index contributed by atoms with van der Waals surface area (Å²) >= 11 is 0. The van der Waals surface area contributed by atoms with Crippen LogP contribution in [0.4, 0.5) is 5.69 Å². The van der Waals surface area contributed by atoms with Gasteiger partial charge in [-0.05, 0) is 17.5 Å². The first-order valence-corrected chi connectivity index (χ1v) is 6.24. The molecule has 4 nitrogen and oxygen atoms in total. The topological polar surface area (TPSA) is 52.6 Å². The van der Waals surface area contributed by atoms with Crippen LogP contribution in [0.2, 0.25) is 0 Å². The van der Waals surface area contributed by atoms with Gasteiger partial charge in [-0.15, -0.1) is 0 Å². The summed E-state index contributed by atoms with van der Waals surface area (Å²) in [5.74, 6) is -0.105. The summed E-state index contributed by atoms with van der Waals surface area (Å²) in [5.41, 5.74) is 0.955. The Morgan fingerprint density at radius 1 is 1.39 bits per heavy atom. The maximum Gasteiger partial charge on any atom is 0.245 e. The van der Waals surface area contributed by atoms with E-state index in [-0.39, 0.29) is 17.9 Å². The fraction of sp³-hybridized carbons (Fsp3) is 0.500. The molecule has 0 saturated carbocycles. The lowest BCUT2D eigenvalue weighted by Gasteiger charge is -2.33. The lowest BCUT2D eigenvalue weighted by Crippen LogP contribution is -2.47. The van der Waals surface area contributed by atoms with Gasteiger partial charge in [0.1, 0.15) is 6.04 Å². The predicted molar refractivity (Wildman–Crippen MR) is 71.5 cm³/mol. The maximum atomic E-state index is 12.0.